The van der Waals surface area contributed by atoms with Crippen LogP contribution in [-0.4, -0.2) is 23.6 Å². The summed E-state index contributed by atoms with van der Waals surface area (Å²) in [4.78, 5) is 10.9. The van der Waals surface area contributed by atoms with E-state index < -0.39 is 6.10 Å². The molecule has 3 N–H and O–H groups in total. The maximum absolute atomic E-state index is 10.9. The second-order valence-corrected chi connectivity index (χ2v) is 4.84. The van der Waals surface area contributed by atoms with Gasteiger partial charge in [-0.05, 0) is 37.6 Å². The van der Waals surface area contributed by atoms with Gasteiger partial charge in [-0.1, -0.05) is 25.5 Å². The number of hydrogen-bond acceptors (Lipinski definition) is 3. The smallest absolute Gasteiger partial charge is 0.221 e. The monoisotopic (exact) mass is 264 g/mol. The molecule has 2 unspecified atom stereocenters. The predicted molar refractivity (Wildman–Crippen MR) is 78.1 cm³/mol. The summed E-state index contributed by atoms with van der Waals surface area (Å²) in [5, 5.41) is 16.2. The van der Waals surface area contributed by atoms with E-state index in [-0.39, 0.29) is 11.9 Å². The van der Waals surface area contributed by atoms with Gasteiger partial charge in [-0.2, -0.15) is 0 Å². The zero-order valence-corrected chi connectivity index (χ0v) is 11.9. The number of nitrogens with one attached hydrogen (secondary N) is 2. The molecule has 0 aliphatic heterocycles. The second kappa shape index (κ2) is 7.92. The fourth-order valence-corrected chi connectivity index (χ4v) is 1.87. The van der Waals surface area contributed by atoms with Gasteiger partial charge in [-0.15, -0.1) is 0 Å². The molecule has 2 atom stereocenters. The average molecular weight is 264 g/mol. The predicted octanol–water partition coefficient (Wildman–Crippen LogP) is 2.46. The Labute approximate surface area is 115 Å². The number of carbonyl (C=O) groups is 1. The highest BCUT2D eigenvalue weighted by Gasteiger charge is 2.15. The van der Waals surface area contributed by atoms with Crippen molar-refractivity contribution in [3.05, 3.63) is 29.8 Å². The summed E-state index contributed by atoms with van der Waals surface area (Å²) in [5.41, 5.74) is 1.60. The van der Waals surface area contributed by atoms with E-state index in [1.54, 1.807) is 12.1 Å². The number of amides is 1. The van der Waals surface area contributed by atoms with Crippen molar-refractivity contribution in [2.45, 2.75) is 45.8 Å². The summed E-state index contributed by atoms with van der Waals surface area (Å²) in [5.74, 6) is -0.0945. The largest absolute Gasteiger partial charge is 0.387 e. The van der Waals surface area contributed by atoms with E-state index in [1.807, 2.05) is 19.1 Å². The molecule has 0 saturated heterocycles. The van der Waals surface area contributed by atoms with Crippen molar-refractivity contribution in [1.82, 2.24) is 5.32 Å². The zero-order valence-electron chi connectivity index (χ0n) is 11.9. The van der Waals surface area contributed by atoms with E-state index in [0.717, 1.165) is 30.6 Å². The molecule has 0 radical (unpaired) electrons. The Morgan fingerprint density at radius 1 is 1.32 bits per heavy atom. The number of unbranched alkanes of at least 4 members (excludes halogenated alkanes) is 1. The Kier molecular flexibility index (Phi) is 6.53. The van der Waals surface area contributed by atoms with Crippen molar-refractivity contribution in [3.8, 4) is 0 Å². The number of aliphatic hydroxyl groups excluding tert-OH is 1. The third kappa shape index (κ3) is 5.41. The van der Waals surface area contributed by atoms with Crippen LogP contribution in [0.2, 0.25) is 0 Å². The summed E-state index contributed by atoms with van der Waals surface area (Å²) < 4.78 is 0. The Morgan fingerprint density at radius 2 is 1.95 bits per heavy atom. The molecule has 1 aromatic carbocycles. The second-order valence-electron chi connectivity index (χ2n) is 4.84. The van der Waals surface area contributed by atoms with Gasteiger partial charge in [0, 0.05) is 18.7 Å². The highest BCUT2D eigenvalue weighted by Crippen LogP contribution is 2.19. The van der Waals surface area contributed by atoms with Gasteiger partial charge in [0.25, 0.3) is 0 Å². The minimum absolute atomic E-state index is 0.0122. The van der Waals surface area contributed by atoms with Crippen molar-refractivity contribution in [2.24, 2.45) is 0 Å². The van der Waals surface area contributed by atoms with Crippen LogP contribution in [0.4, 0.5) is 5.69 Å². The summed E-state index contributed by atoms with van der Waals surface area (Å²) >= 11 is 0. The molecular weight excluding hydrogens is 240 g/mol. The lowest BCUT2D eigenvalue weighted by molar-refractivity contribution is -0.114. The molecule has 0 fully saturated rings. The molecule has 1 rings (SSSR count). The molecule has 19 heavy (non-hydrogen) atoms. The van der Waals surface area contributed by atoms with Gasteiger partial charge in [0.05, 0.1) is 6.10 Å². The molecule has 0 saturated carbocycles. The first-order valence-electron chi connectivity index (χ1n) is 6.83. The first kappa shape index (κ1) is 15.7. The molecule has 0 heterocycles. The van der Waals surface area contributed by atoms with E-state index in [9.17, 15) is 9.90 Å². The van der Waals surface area contributed by atoms with Gasteiger partial charge in [-0.3, -0.25) is 4.79 Å². The van der Waals surface area contributed by atoms with E-state index >= 15 is 0 Å². The molecule has 0 spiro atoms. The molecule has 106 valence electrons. The fraction of sp³-hybridized carbons (Fsp3) is 0.533. The SMILES string of the molecule is CCCCNC(C)C(O)c1ccc(NC(C)=O)cc1. The van der Waals surface area contributed by atoms with Gasteiger partial charge >= 0.3 is 0 Å². The summed E-state index contributed by atoms with van der Waals surface area (Å²) in [6.07, 6.45) is 1.71. The lowest BCUT2D eigenvalue weighted by Crippen LogP contribution is -2.32. The molecule has 4 nitrogen and oxygen atoms in total. The Bertz CT molecular complexity index is 390. The Morgan fingerprint density at radius 3 is 2.47 bits per heavy atom. The van der Waals surface area contributed by atoms with Crippen LogP contribution >= 0.6 is 0 Å². The van der Waals surface area contributed by atoms with E-state index in [0.29, 0.717) is 0 Å². The van der Waals surface area contributed by atoms with E-state index in [1.165, 1.54) is 6.92 Å². The molecule has 0 aromatic heterocycles. The molecule has 0 aliphatic carbocycles. The van der Waals surface area contributed by atoms with Crippen LogP contribution in [0.3, 0.4) is 0 Å². The lowest BCUT2D eigenvalue weighted by atomic mass is 10.0. The number of carbonyl (C=O) groups excluding carboxylic acids is 1. The minimum atomic E-state index is -0.539. The fourth-order valence-electron chi connectivity index (χ4n) is 1.87. The van der Waals surface area contributed by atoms with Crippen LogP contribution in [0.1, 0.15) is 45.3 Å². The zero-order chi connectivity index (χ0) is 14.3. The topological polar surface area (TPSA) is 61.4 Å². The number of benzene rings is 1. The number of rotatable bonds is 7. The number of aliphatic hydroxyl groups is 1. The van der Waals surface area contributed by atoms with Crippen molar-refractivity contribution in [2.75, 3.05) is 11.9 Å². The molecule has 0 aliphatic rings. The van der Waals surface area contributed by atoms with Crippen LogP contribution in [0.15, 0.2) is 24.3 Å². The lowest BCUT2D eigenvalue weighted by Gasteiger charge is -2.20. The maximum Gasteiger partial charge on any atom is 0.221 e. The summed E-state index contributed by atoms with van der Waals surface area (Å²) in [6.45, 7) is 6.51. The molecule has 1 amide bonds. The van der Waals surface area contributed by atoms with Gasteiger partial charge in [0.1, 0.15) is 0 Å². The maximum atomic E-state index is 10.9. The normalized spacial score (nSPS) is 13.9. The first-order valence-corrected chi connectivity index (χ1v) is 6.83. The van der Waals surface area contributed by atoms with Gasteiger partial charge < -0.3 is 15.7 Å². The van der Waals surface area contributed by atoms with E-state index in [2.05, 4.69) is 17.6 Å². The van der Waals surface area contributed by atoms with Crippen molar-refractivity contribution >= 4 is 11.6 Å². The third-order valence-electron chi connectivity index (χ3n) is 3.04. The molecule has 4 heteroatoms. The Balaban J connectivity index is 2.56. The standard InChI is InChI=1S/C15H24N2O2/c1-4-5-10-16-11(2)15(19)13-6-8-14(9-7-13)17-12(3)18/h6-9,11,15-16,19H,4-5,10H2,1-3H3,(H,17,18). The van der Waals surface area contributed by atoms with Gasteiger partial charge in [0.15, 0.2) is 0 Å². The van der Waals surface area contributed by atoms with Crippen LogP contribution in [0, 0.1) is 0 Å². The van der Waals surface area contributed by atoms with Crippen molar-refractivity contribution < 1.29 is 9.90 Å². The first-order chi connectivity index (χ1) is 9.04. The summed E-state index contributed by atoms with van der Waals surface area (Å²) in [6, 6.07) is 7.30. The highest BCUT2D eigenvalue weighted by atomic mass is 16.3. The number of anilines is 1. The minimum Gasteiger partial charge on any atom is -0.387 e. The van der Waals surface area contributed by atoms with Crippen LogP contribution < -0.4 is 10.6 Å². The molecule has 1 aromatic rings. The van der Waals surface area contributed by atoms with Gasteiger partial charge in [0.2, 0.25) is 5.91 Å². The van der Waals surface area contributed by atoms with Gasteiger partial charge in [-0.25, -0.2) is 0 Å². The highest BCUT2D eigenvalue weighted by molar-refractivity contribution is 5.88. The third-order valence-corrected chi connectivity index (χ3v) is 3.04. The quantitative estimate of drug-likeness (QED) is 0.663. The summed E-state index contributed by atoms with van der Waals surface area (Å²) in [7, 11) is 0. The average Bonchev–Trinajstić information content (AvgIpc) is 2.38. The Hall–Kier alpha value is -1.39. The molecule has 0 bridgehead atoms. The van der Waals surface area contributed by atoms with Crippen molar-refractivity contribution in [3.63, 3.8) is 0 Å². The van der Waals surface area contributed by atoms with E-state index in [4.69, 9.17) is 0 Å². The van der Waals surface area contributed by atoms with Crippen molar-refractivity contribution in [1.29, 1.82) is 0 Å². The van der Waals surface area contributed by atoms with Crippen LogP contribution in [0.25, 0.3) is 0 Å². The van der Waals surface area contributed by atoms with Crippen LogP contribution in [0.5, 0.6) is 0 Å². The molecular formula is C15H24N2O2. The van der Waals surface area contributed by atoms with Crippen LogP contribution in [-0.2, 0) is 4.79 Å². The number of hydrogen-bond donors (Lipinski definition) is 3.